The van der Waals surface area contributed by atoms with Crippen LogP contribution in [0.2, 0.25) is 10.0 Å². The van der Waals surface area contributed by atoms with Crippen LogP contribution in [0.5, 0.6) is 0 Å². The molecule has 0 saturated carbocycles. The molecule has 2 rings (SSSR count). The van der Waals surface area contributed by atoms with Crippen molar-refractivity contribution < 1.29 is 4.74 Å². The minimum absolute atomic E-state index is 0.000485. The summed E-state index contributed by atoms with van der Waals surface area (Å²) in [6.07, 6.45) is 1.11. The summed E-state index contributed by atoms with van der Waals surface area (Å²) in [7, 11) is -0.000485. The molecule has 0 bridgehead atoms. The summed E-state index contributed by atoms with van der Waals surface area (Å²) >= 11 is 12.4. The molecule has 0 N–H and O–H groups in total. The Balaban J connectivity index is 2.41. The number of halogens is 2. The highest BCUT2D eigenvalue weighted by Crippen LogP contribution is 2.46. The van der Waals surface area contributed by atoms with Crippen molar-refractivity contribution in [2.45, 2.75) is 38.5 Å². The first-order chi connectivity index (χ1) is 9.58. The van der Waals surface area contributed by atoms with E-state index in [9.17, 15) is 0 Å². The maximum atomic E-state index is 6.39. The fraction of sp³-hybridized carbons (Fsp3) is 0.533. The smallest absolute Gasteiger partial charge is 0.163 e. The van der Waals surface area contributed by atoms with Crippen LogP contribution in [0.25, 0.3) is 0 Å². The largest absolute Gasteiger partial charge is 0.330 e. The zero-order chi connectivity index (χ0) is 14.7. The van der Waals surface area contributed by atoms with E-state index < -0.39 is 0 Å². The van der Waals surface area contributed by atoms with Gasteiger partial charge in [0.15, 0.2) is 5.17 Å². The van der Waals surface area contributed by atoms with E-state index in [1.807, 2.05) is 25.1 Å². The number of rotatable bonds is 4. The molecule has 3 unspecified atom stereocenters. The van der Waals surface area contributed by atoms with E-state index in [2.05, 4.69) is 13.8 Å². The van der Waals surface area contributed by atoms with Crippen molar-refractivity contribution in [1.82, 2.24) is 5.32 Å². The van der Waals surface area contributed by atoms with Crippen LogP contribution in [-0.2, 0) is 4.74 Å². The van der Waals surface area contributed by atoms with Crippen LogP contribution in [0.3, 0.4) is 0 Å². The van der Waals surface area contributed by atoms with Gasteiger partial charge in [0.1, 0.15) is 0 Å². The van der Waals surface area contributed by atoms with Crippen molar-refractivity contribution in [2.75, 3.05) is 12.4 Å². The van der Waals surface area contributed by atoms with Crippen LogP contribution >= 0.6 is 33.7 Å². The Morgan fingerprint density at radius 3 is 2.65 bits per heavy atom. The first kappa shape index (κ1) is 16.3. The average Bonchev–Trinajstić information content (AvgIpc) is 2.68. The Kier molecular flexibility index (Phi) is 5.94. The quantitative estimate of drug-likeness (QED) is 0.723. The van der Waals surface area contributed by atoms with Crippen LogP contribution < -0.4 is 5.32 Å². The van der Waals surface area contributed by atoms with E-state index in [4.69, 9.17) is 33.3 Å². The summed E-state index contributed by atoms with van der Waals surface area (Å²) < 4.78 is 5.75. The van der Waals surface area contributed by atoms with Gasteiger partial charge in [-0.15, -0.1) is 10.5 Å². The molecule has 1 radical (unpaired) electrons. The molecule has 111 valence electrons. The lowest BCUT2D eigenvalue weighted by Gasteiger charge is -2.21. The molecule has 20 heavy (non-hydrogen) atoms. The van der Waals surface area contributed by atoms with Gasteiger partial charge in [0.25, 0.3) is 0 Å². The molecular weight excluding hydrogens is 313 g/mol. The summed E-state index contributed by atoms with van der Waals surface area (Å²) in [5, 5.41) is 7.34. The van der Waals surface area contributed by atoms with E-state index in [1.54, 1.807) is 0 Å². The number of hydrogen-bond donors (Lipinski definition) is 0. The molecule has 1 aliphatic heterocycles. The highest BCUT2D eigenvalue weighted by atomic mass is 35.5. The molecule has 2 nitrogen and oxygen atoms in total. The Morgan fingerprint density at radius 1 is 1.30 bits per heavy atom. The fourth-order valence-corrected chi connectivity index (χ4v) is 5.76. The van der Waals surface area contributed by atoms with Gasteiger partial charge in [0, 0.05) is 21.3 Å². The molecule has 0 spiro atoms. The number of ether oxygens (including phenoxy) is 1. The van der Waals surface area contributed by atoms with Gasteiger partial charge < -0.3 is 4.74 Å². The molecule has 0 saturated heterocycles. The highest BCUT2D eigenvalue weighted by molar-refractivity contribution is 8.16. The van der Waals surface area contributed by atoms with Gasteiger partial charge in [-0.3, -0.25) is 0 Å². The second-order valence-corrected chi connectivity index (χ2v) is 7.75. The monoisotopic (exact) mass is 332 g/mol. The summed E-state index contributed by atoms with van der Waals surface area (Å²) in [6, 6.07) is 5.95. The topological polar surface area (TPSA) is 23.3 Å². The van der Waals surface area contributed by atoms with Crippen LogP contribution in [0.1, 0.15) is 38.0 Å². The first-order valence-electron chi connectivity index (χ1n) is 6.93. The van der Waals surface area contributed by atoms with Gasteiger partial charge in [-0.25, -0.2) is 0 Å². The van der Waals surface area contributed by atoms with Crippen LogP contribution in [-0.4, -0.2) is 23.6 Å². The molecule has 5 heteroatoms. The molecule has 0 aromatic heterocycles. The van der Waals surface area contributed by atoms with Crippen molar-refractivity contribution >= 4 is 38.9 Å². The third kappa shape index (κ3) is 3.40. The van der Waals surface area contributed by atoms with Crippen molar-refractivity contribution in [1.29, 1.82) is 0 Å². The Morgan fingerprint density at radius 2 is 2.05 bits per heavy atom. The molecule has 0 amide bonds. The lowest BCUT2D eigenvalue weighted by molar-refractivity contribution is 0.316. The van der Waals surface area contributed by atoms with Crippen LogP contribution in [0, 0.1) is 0 Å². The summed E-state index contributed by atoms with van der Waals surface area (Å²) in [5.74, 6) is 1.09. The third-order valence-electron chi connectivity index (χ3n) is 3.24. The molecule has 1 aromatic rings. The maximum absolute atomic E-state index is 6.39. The zero-order valence-corrected chi connectivity index (χ0v) is 14.4. The van der Waals surface area contributed by atoms with Crippen molar-refractivity contribution in [3.63, 3.8) is 0 Å². The number of nitrogens with zero attached hydrogens (tertiary/aromatic N) is 1. The third-order valence-corrected chi connectivity index (χ3v) is 6.58. The molecule has 3 atom stereocenters. The number of benzene rings is 1. The Bertz CT molecular complexity index is 519. The molecular formula is C15H20Cl2NOS. The lowest BCUT2D eigenvalue weighted by Crippen LogP contribution is -2.23. The minimum Gasteiger partial charge on any atom is -0.330 e. The summed E-state index contributed by atoms with van der Waals surface area (Å²) in [6.45, 7) is 7.00. The summed E-state index contributed by atoms with van der Waals surface area (Å²) in [4.78, 5) is 0. The zero-order valence-electron chi connectivity index (χ0n) is 12.0. The van der Waals surface area contributed by atoms with Crippen LogP contribution in [0.4, 0.5) is 0 Å². The SMILES string of the molecule is CCCS1=C(OCC)[N]C(C)C1c1ccc(Cl)cc1Cl. The molecule has 1 aliphatic rings. The standard InChI is InChI=1S/C15H20Cl2NOS/c1-4-8-20-14(10(3)18-15(20)19-5-2)12-7-6-11(16)9-13(12)17/h6-7,9-10,14H,4-5,8H2,1-3H3. The fourth-order valence-electron chi connectivity index (χ4n) is 2.46. The van der Waals surface area contributed by atoms with Crippen LogP contribution in [0.15, 0.2) is 18.2 Å². The predicted molar refractivity (Wildman–Crippen MR) is 90.2 cm³/mol. The van der Waals surface area contributed by atoms with E-state index in [-0.39, 0.29) is 16.5 Å². The Hall–Kier alpha value is -0.0600. The van der Waals surface area contributed by atoms with E-state index in [1.165, 1.54) is 0 Å². The maximum Gasteiger partial charge on any atom is 0.163 e. The van der Waals surface area contributed by atoms with Crippen molar-refractivity contribution in [2.24, 2.45) is 0 Å². The molecule has 1 heterocycles. The van der Waals surface area contributed by atoms with E-state index in [0.29, 0.717) is 16.9 Å². The second kappa shape index (κ2) is 7.28. The van der Waals surface area contributed by atoms with Gasteiger partial charge in [-0.2, -0.15) is 5.32 Å². The Labute approximate surface area is 133 Å². The second-order valence-electron chi connectivity index (χ2n) is 4.79. The first-order valence-corrected chi connectivity index (χ1v) is 9.15. The highest BCUT2D eigenvalue weighted by Gasteiger charge is 2.34. The minimum atomic E-state index is -0.000485. The van der Waals surface area contributed by atoms with Gasteiger partial charge in [0.2, 0.25) is 0 Å². The van der Waals surface area contributed by atoms with Gasteiger partial charge in [0.05, 0.1) is 6.61 Å². The molecule has 0 aliphatic carbocycles. The summed E-state index contributed by atoms with van der Waals surface area (Å²) in [5.41, 5.74) is 1.14. The lowest BCUT2D eigenvalue weighted by atomic mass is 10.1. The van der Waals surface area contributed by atoms with E-state index in [0.717, 1.165) is 27.9 Å². The van der Waals surface area contributed by atoms with Gasteiger partial charge >= 0.3 is 0 Å². The van der Waals surface area contributed by atoms with Gasteiger partial charge in [-0.1, -0.05) is 36.2 Å². The molecule has 0 fully saturated rings. The van der Waals surface area contributed by atoms with Gasteiger partial charge in [-0.05, 0) is 43.7 Å². The average molecular weight is 333 g/mol. The van der Waals surface area contributed by atoms with Crippen molar-refractivity contribution in [3.05, 3.63) is 33.8 Å². The van der Waals surface area contributed by atoms with E-state index >= 15 is 0 Å². The number of hydrogen-bond acceptors (Lipinski definition) is 1. The normalized spacial score (nSPS) is 26.2. The van der Waals surface area contributed by atoms with Crippen molar-refractivity contribution in [3.8, 4) is 0 Å². The molecule has 1 aromatic carbocycles. The predicted octanol–water partition coefficient (Wildman–Crippen LogP) is 4.84.